The predicted octanol–water partition coefficient (Wildman–Crippen LogP) is 1.48. The molecule has 1 aromatic rings. The van der Waals surface area contributed by atoms with Gasteiger partial charge in [-0.2, -0.15) is 0 Å². The van der Waals surface area contributed by atoms with E-state index in [4.69, 9.17) is 4.74 Å². The van der Waals surface area contributed by atoms with Crippen LogP contribution in [-0.4, -0.2) is 81.1 Å². The zero-order valence-electron chi connectivity index (χ0n) is 17.8. The van der Waals surface area contributed by atoms with Crippen LogP contribution < -0.4 is 15.4 Å². The number of carbonyl (C=O) groups excluding carboxylic acids is 1. The summed E-state index contributed by atoms with van der Waals surface area (Å²) in [4.78, 5) is 21.1. The Morgan fingerprint density at radius 3 is 2.41 bits per heavy atom. The smallest absolute Gasteiger partial charge is 0.225 e. The summed E-state index contributed by atoms with van der Waals surface area (Å²) in [6, 6.07) is 8.07. The number of rotatable bonds is 8. The van der Waals surface area contributed by atoms with Gasteiger partial charge in [-0.25, -0.2) is 0 Å². The number of piperazine rings is 1. The van der Waals surface area contributed by atoms with E-state index in [2.05, 4.69) is 32.3 Å². The summed E-state index contributed by atoms with van der Waals surface area (Å²) in [6.45, 7) is 8.75. The van der Waals surface area contributed by atoms with Gasteiger partial charge in [-0.1, -0.05) is 24.1 Å². The lowest BCUT2D eigenvalue weighted by atomic mass is 9.84. The van der Waals surface area contributed by atoms with Crippen molar-refractivity contribution in [3.8, 4) is 5.75 Å². The minimum atomic E-state index is 0.313. The highest BCUT2D eigenvalue weighted by molar-refractivity contribution is 5.80. The first-order chi connectivity index (χ1) is 14.2. The van der Waals surface area contributed by atoms with E-state index in [1.807, 2.05) is 24.3 Å². The minimum absolute atomic E-state index is 0.313. The Hall–Kier alpha value is -2.28. The van der Waals surface area contributed by atoms with E-state index < -0.39 is 0 Å². The van der Waals surface area contributed by atoms with Crippen LogP contribution in [0.2, 0.25) is 0 Å². The molecule has 0 unspecified atom stereocenters. The summed E-state index contributed by atoms with van der Waals surface area (Å²) < 4.78 is 5.73. The van der Waals surface area contributed by atoms with Crippen LogP contribution in [0.5, 0.6) is 5.75 Å². The summed E-state index contributed by atoms with van der Waals surface area (Å²) in [5, 5.41) is 6.63. The van der Waals surface area contributed by atoms with Gasteiger partial charge in [0.15, 0.2) is 5.96 Å². The Kier molecular flexibility index (Phi) is 8.16. The number of nitrogens with zero attached hydrogens (tertiary/aromatic N) is 3. The molecule has 2 aliphatic rings. The molecule has 2 fully saturated rings. The fourth-order valence-electron chi connectivity index (χ4n) is 3.63. The van der Waals surface area contributed by atoms with Crippen LogP contribution in [0, 0.1) is 12.8 Å². The lowest BCUT2D eigenvalue weighted by Crippen LogP contribution is -2.52. The molecule has 1 amide bonds. The number of aryl methyl sites for hydroxylation is 1. The van der Waals surface area contributed by atoms with Crippen molar-refractivity contribution in [1.82, 2.24) is 20.4 Å². The van der Waals surface area contributed by atoms with E-state index in [1.165, 1.54) is 12.0 Å². The Morgan fingerprint density at radius 1 is 1.10 bits per heavy atom. The molecule has 3 rings (SSSR count). The van der Waals surface area contributed by atoms with Crippen molar-refractivity contribution in [2.75, 3.05) is 59.5 Å². The standard InChI is InChI=1S/C22H35N5O2/c1-18-6-8-20(9-7-18)29-17-11-25-22(23-2)24-10-12-26-13-15-27(16-14-26)21(28)19-4-3-5-19/h6-9,19H,3-5,10-17H2,1-2H3,(H2,23,24,25). The number of ether oxygens (including phenoxy) is 1. The van der Waals surface area contributed by atoms with Crippen molar-refractivity contribution < 1.29 is 9.53 Å². The van der Waals surface area contributed by atoms with E-state index in [9.17, 15) is 4.79 Å². The highest BCUT2D eigenvalue weighted by Gasteiger charge is 2.30. The molecule has 0 bridgehead atoms. The van der Waals surface area contributed by atoms with Crippen molar-refractivity contribution >= 4 is 11.9 Å². The molecule has 1 aliphatic heterocycles. The molecule has 0 spiro atoms. The van der Waals surface area contributed by atoms with Crippen LogP contribution in [0.25, 0.3) is 0 Å². The molecule has 0 atom stereocenters. The van der Waals surface area contributed by atoms with Crippen LogP contribution in [0.4, 0.5) is 0 Å². The molecule has 0 aromatic heterocycles. The minimum Gasteiger partial charge on any atom is -0.492 e. The van der Waals surface area contributed by atoms with Gasteiger partial charge >= 0.3 is 0 Å². The molecule has 0 radical (unpaired) electrons. The van der Waals surface area contributed by atoms with Crippen LogP contribution in [0.15, 0.2) is 29.3 Å². The second kappa shape index (κ2) is 11.0. The predicted molar refractivity (Wildman–Crippen MR) is 116 cm³/mol. The van der Waals surface area contributed by atoms with E-state index in [-0.39, 0.29) is 0 Å². The van der Waals surface area contributed by atoms with Crippen LogP contribution in [0.1, 0.15) is 24.8 Å². The van der Waals surface area contributed by atoms with Crippen molar-refractivity contribution in [2.45, 2.75) is 26.2 Å². The summed E-state index contributed by atoms with van der Waals surface area (Å²) in [5.41, 5.74) is 1.23. The Balaban J connectivity index is 1.25. The van der Waals surface area contributed by atoms with Gasteiger partial charge in [-0.05, 0) is 31.9 Å². The van der Waals surface area contributed by atoms with Gasteiger partial charge in [-0.3, -0.25) is 14.7 Å². The fraction of sp³-hybridized carbons (Fsp3) is 0.636. The molecule has 2 N–H and O–H groups in total. The summed E-state index contributed by atoms with van der Waals surface area (Å²) >= 11 is 0. The number of guanidine groups is 1. The second-order valence-electron chi connectivity index (χ2n) is 7.88. The molecular formula is C22H35N5O2. The molecule has 1 heterocycles. The molecule has 1 saturated carbocycles. The van der Waals surface area contributed by atoms with E-state index >= 15 is 0 Å². The zero-order valence-corrected chi connectivity index (χ0v) is 17.8. The quantitative estimate of drug-likeness (QED) is 0.392. The number of hydrogen-bond donors (Lipinski definition) is 2. The zero-order chi connectivity index (χ0) is 20.5. The second-order valence-corrected chi connectivity index (χ2v) is 7.88. The third-order valence-electron chi connectivity index (χ3n) is 5.77. The third-order valence-corrected chi connectivity index (χ3v) is 5.77. The third kappa shape index (κ3) is 6.63. The van der Waals surface area contributed by atoms with Crippen LogP contribution in [0.3, 0.4) is 0 Å². The van der Waals surface area contributed by atoms with Gasteiger partial charge in [0.25, 0.3) is 0 Å². The van der Waals surface area contributed by atoms with Crippen LogP contribution >= 0.6 is 0 Å². The number of nitrogens with one attached hydrogen (secondary N) is 2. The maximum absolute atomic E-state index is 12.3. The lowest BCUT2D eigenvalue weighted by Gasteiger charge is -2.38. The molecule has 29 heavy (non-hydrogen) atoms. The summed E-state index contributed by atoms with van der Waals surface area (Å²) in [5.74, 6) is 2.37. The van der Waals surface area contributed by atoms with Crippen molar-refractivity contribution in [3.63, 3.8) is 0 Å². The largest absolute Gasteiger partial charge is 0.492 e. The highest BCUT2D eigenvalue weighted by atomic mass is 16.5. The van der Waals surface area contributed by atoms with Gasteiger partial charge in [0.2, 0.25) is 5.91 Å². The first kappa shape index (κ1) is 21.4. The Morgan fingerprint density at radius 2 is 1.79 bits per heavy atom. The van der Waals surface area contributed by atoms with Gasteiger partial charge in [0.1, 0.15) is 12.4 Å². The maximum Gasteiger partial charge on any atom is 0.225 e. The number of benzene rings is 1. The molecule has 160 valence electrons. The molecular weight excluding hydrogens is 366 g/mol. The molecule has 1 aliphatic carbocycles. The molecule has 1 saturated heterocycles. The first-order valence-corrected chi connectivity index (χ1v) is 10.8. The van der Waals surface area contributed by atoms with E-state index in [0.717, 1.165) is 63.8 Å². The number of amides is 1. The average Bonchev–Trinajstić information content (AvgIpc) is 2.70. The summed E-state index contributed by atoms with van der Waals surface area (Å²) in [7, 11) is 1.78. The highest BCUT2D eigenvalue weighted by Crippen LogP contribution is 2.28. The average molecular weight is 402 g/mol. The maximum atomic E-state index is 12.3. The SMILES string of the molecule is CN=C(NCCOc1ccc(C)cc1)NCCN1CCN(C(=O)C2CCC2)CC1. The van der Waals surface area contributed by atoms with E-state index in [1.54, 1.807) is 7.05 Å². The lowest BCUT2D eigenvalue weighted by molar-refractivity contribution is -0.139. The van der Waals surface area contributed by atoms with Crippen LogP contribution in [-0.2, 0) is 4.79 Å². The first-order valence-electron chi connectivity index (χ1n) is 10.8. The summed E-state index contributed by atoms with van der Waals surface area (Å²) in [6.07, 6.45) is 3.39. The molecule has 7 nitrogen and oxygen atoms in total. The van der Waals surface area contributed by atoms with Gasteiger partial charge in [-0.15, -0.1) is 0 Å². The van der Waals surface area contributed by atoms with Gasteiger partial charge in [0, 0.05) is 52.2 Å². The Bertz CT molecular complexity index is 664. The number of hydrogen-bond acceptors (Lipinski definition) is 4. The van der Waals surface area contributed by atoms with Crippen molar-refractivity contribution in [3.05, 3.63) is 29.8 Å². The van der Waals surface area contributed by atoms with Crippen molar-refractivity contribution in [1.29, 1.82) is 0 Å². The monoisotopic (exact) mass is 401 g/mol. The van der Waals surface area contributed by atoms with Gasteiger partial charge in [0.05, 0.1) is 6.54 Å². The van der Waals surface area contributed by atoms with Crippen molar-refractivity contribution in [2.24, 2.45) is 10.9 Å². The molecule has 1 aromatic carbocycles. The van der Waals surface area contributed by atoms with E-state index in [0.29, 0.717) is 25.0 Å². The number of carbonyl (C=O) groups is 1. The molecule has 7 heteroatoms. The topological polar surface area (TPSA) is 69.2 Å². The fourth-order valence-corrected chi connectivity index (χ4v) is 3.63. The number of aliphatic imine (C=N–C) groups is 1. The van der Waals surface area contributed by atoms with Gasteiger partial charge < -0.3 is 20.3 Å². The normalized spacial score (nSPS) is 18.3. The Labute approximate surface area is 174 Å².